The van der Waals surface area contributed by atoms with Gasteiger partial charge in [-0.1, -0.05) is 43.7 Å². The highest BCUT2D eigenvalue weighted by Crippen LogP contribution is 2.68. The second kappa shape index (κ2) is 9.15. The van der Waals surface area contributed by atoms with E-state index < -0.39 is 5.60 Å². The summed E-state index contributed by atoms with van der Waals surface area (Å²) in [6.07, 6.45) is 11.5. The molecule has 0 spiro atoms. The number of amides is 1. The van der Waals surface area contributed by atoms with Crippen LogP contribution in [0.1, 0.15) is 75.6 Å². The van der Waals surface area contributed by atoms with E-state index >= 15 is 0 Å². The van der Waals surface area contributed by atoms with Crippen LogP contribution in [0.15, 0.2) is 53.0 Å². The summed E-state index contributed by atoms with van der Waals surface area (Å²) in [4.78, 5) is 13.0. The molecule has 4 aliphatic rings. The van der Waals surface area contributed by atoms with Gasteiger partial charge < -0.3 is 15.5 Å². The fraction of sp³-hybridized carbons (Fsp3) is 0.633. The molecule has 0 bridgehead atoms. The molecule has 35 heavy (non-hydrogen) atoms. The SMILES string of the molecule is C=CC[C@]1(O)C[C@H]2[C@@H]3CC=C4C[C@@H](O)CC[C@]4(C)[C@H]3CC[C@]2(C)[C@H]1CNC(=O)c1ccccc1Br. The maximum Gasteiger partial charge on any atom is 0.252 e. The highest BCUT2D eigenvalue weighted by molar-refractivity contribution is 9.10. The molecule has 3 fully saturated rings. The van der Waals surface area contributed by atoms with Crippen LogP contribution in [0.4, 0.5) is 0 Å². The normalized spacial score (nSPS) is 42.3. The van der Waals surface area contributed by atoms with Gasteiger partial charge >= 0.3 is 0 Å². The predicted octanol–water partition coefficient (Wildman–Crippen LogP) is 6.04. The van der Waals surface area contributed by atoms with Crippen LogP contribution >= 0.6 is 15.9 Å². The molecule has 4 aliphatic carbocycles. The molecular formula is C30H40BrNO3. The van der Waals surface area contributed by atoms with E-state index in [1.807, 2.05) is 30.3 Å². The van der Waals surface area contributed by atoms with E-state index in [-0.39, 0.29) is 28.8 Å². The standard InChI is InChI=1S/C30H40BrNO3/c1-4-13-30(35)17-24-21-10-9-19-16-20(33)11-14-28(19,2)23(21)12-15-29(24,3)26(30)18-32-27(34)22-7-5-6-8-25(22)31/h4-9,20-21,23-24,26,33,35H,1,10-18H2,2-3H3,(H,32,34)/t20-,21+,23-,24-,26+,28-,29-,30-/m0/s1. The Morgan fingerprint density at radius 1 is 1.23 bits per heavy atom. The molecular weight excluding hydrogens is 502 g/mol. The zero-order valence-electron chi connectivity index (χ0n) is 21.1. The molecule has 4 nitrogen and oxygen atoms in total. The summed E-state index contributed by atoms with van der Waals surface area (Å²) in [6.45, 7) is 9.24. The van der Waals surface area contributed by atoms with Crippen LogP contribution in [0.5, 0.6) is 0 Å². The number of carbonyl (C=O) groups is 1. The van der Waals surface area contributed by atoms with Crippen LogP contribution in [-0.2, 0) is 0 Å². The Balaban J connectivity index is 1.42. The second-order valence-corrected chi connectivity index (χ2v) is 13.1. The smallest absolute Gasteiger partial charge is 0.252 e. The largest absolute Gasteiger partial charge is 0.393 e. The molecule has 0 saturated heterocycles. The molecule has 0 heterocycles. The zero-order chi connectivity index (χ0) is 25.0. The van der Waals surface area contributed by atoms with Crippen LogP contribution in [0.25, 0.3) is 0 Å². The van der Waals surface area contributed by atoms with Crippen molar-refractivity contribution in [2.75, 3.05) is 6.54 Å². The van der Waals surface area contributed by atoms with Crippen LogP contribution < -0.4 is 5.32 Å². The third-order valence-electron chi connectivity index (χ3n) is 10.6. The van der Waals surface area contributed by atoms with Gasteiger partial charge in [0.05, 0.1) is 17.3 Å². The Labute approximate surface area is 218 Å². The molecule has 3 saturated carbocycles. The van der Waals surface area contributed by atoms with Crippen LogP contribution in [-0.4, -0.2) is 34.4 Å². The van der Waals surface area contributed by atoms with Crippen LogP contribution in [0.2, 0.25) is 0 Å². The topological polar surface area (TPSA) is 69.6 Å². The number of rotatable bonds is 5. The Bertz CT molecular complexity index is 1040. The Hall–Kier alpha value is -1.43. The highest BCUT2D eigenvalue weighted by atomic mass is 79.9. The first-order valence-electron chi connectivity index (χ1n) is 13.4. The Morgan fingerprint density at radius 3 is 2.74 bits per heavy atom. The number of hydrogen-bond acceptors (Lipinski definition) is 3. The molecule has 1 aromatic rings. The highest BCUT2D eigenvalue weighted by Gasteiger charge is 2.64. The molecule has 5 rings (SSSR count). The van der Waals surface area contributed by atoms with E-state index in [0.717, 1.165) is 49.4 Å². The lowest BCUT2D eigenvalue weighted by atomic mass is 9.47. The quantitative estimate of drug-likeness (QED) is 0.398. The predicted molar refractivity (Wildman–Crippen MR) is 143 cm³/mol. The van der Waals surface area contributed by atoms with Gasteiger partial charge in [0.1, 0.15) is 0 Å². The molecule has 0 unspecified atom stereocenters. The van der Waals surface area contributed by atoms with Gasteiger partial charge in [-0.2, -0.15) is 0 Å². The molecule has 1 amide bonds. The average molecular weight is 543 g/mol. The molecule has 0 aliphatic heterocycles. The van der Waals surface area contributed by atoms with Crippen molar-refractivity contribution in [2.45, 2.75) is 76.9 Å². The molecule has 0 radical (unpaired) electrons. The van der Waals surface area contributed by atoms with Crippen LogP contribution in [0, 0.1) is 34.5 Å². The number of benzene rings is 1. The number of hydrogen-bond donors (Lipinski definition) is 3. The van der Waals surface area contributed by atoms with Gasteiger partial charge in [-0.3, -0.25) is 4.79 Å². The monoisotopic (exact) mass is 541 g/mol. The van der Waals surface area contributed by atoms with Crippen molar-refractivity contribution in [1.82, 2.24) is 5.32 Å². The molecule has 0 aromatic heterocycles. The van der Waals surface area contributed by atoms with Gasteiger partial charge in [0.25, 0.3) is 5.91 Å². The summed E-state index contributed by atoms with van der Waals surface area (Å²) in [6, 6.07) is 7.49. The van der Waals surface area contributed by atoms with Crippen LogP contribution in [0.3, 0.4) is 0 Å². The van der Waals surface area contributed by atoms with Crippen molar-refractivity contribution >= 4 is 21.8 Å². The summed E-state index contributed by atoms with van der Waals surface area (Å²) < 4.78 is 0.783. The number of fused-ring (bicyclic) bond motifs is 5. The van der Waals surface area contributed by atoms with Crippen molar-refractivity contribution in [3.8, 4) is 0 Å². The number of aliphatic hydroxyl groups is 2. The maximum atomic E-state index is 13.0. The minimum atomic E-state index is -0.856. The second-order valence-electron chi connectivity index (χ2n) is 12.2. The fourth-order valence-electron chi connectivity index (χ4n) is 8.78. The van der Waals surface area contributed by atoms with Gasteiger partial charge in [0.2, 0.25) is 0 Å². The fourth-order valence-corrected chi connectivity index (χ4v) is 9.24. The number of nitrogens with one attached hydrogen (secondary N) is 1. The molecule has 190 valence electrons. The lowest BCUT2D eigenvalue weighted by Crippen LogP contribution is -2.52. The minimum absolute atomic E-state index is 0.0169. The van der Waals surface area contributed by atoms with E-state index in [1.165, 1.54) is 5.57 Å². The maximum absolute atomic E-state index is 13.0. The molecule has 3 N–H and O–H groups in total. The zero-order valence-corrected chi connectivity index (χ0v) is 22.7. The third kappa shape index (κ3) is 4.06. The Morgan fingerprint density at radius 2 is 2.00 bits per heavy atom. The van der Waals surface area contributed by atoms with Crippen molar-refractivity contribution in [3.63, 3.8) is 0 Å². The van der Waals surface area contributed by atoms with Crippen molar-refractivity contribution < 1.29 is 15.0 Å². The summed E-state index contributed by atoms with van der Waals surface area (Å²) >= 11 is 3.49. The number of carbonyl (C=O) groups excluding carboxylic acids is 1. The summed E-state index contributed by atoms with van der Waals surface area (Å²) in [5.41, 5.74) is 1.38. The minimum Gasteiger partial charge on any atom is -0.393 e. The first-order valence-corrected chi connectivity index (χ1v) is 14.2. The molecule has 1 aromatic carbocycles. The average Bonchev–Trinajstić information content (AvgIpc) is 3.04. The molecule has 8 atom stereocenters. The first-order chi connectivity index (χ1) is 16.6. The lowest BCUT2D eigenvalue weighted by molar-refractivity contribution is -0.0588. The van der Waals surface area contributed by atoms with Gasteiger partial charge in [0.15, 0.2) is 0 Å². The lowest BCUT2D eigenvalue weighted by Gasteiger charge is -2.58. The number of halogens is 1. The Kier molecular flexibility index (Phi) is 6.59. The van der Waals surface area contributed by atoms with E-state index in [1.54, 1.807) is 0 Å². The van der Waals surface area contributed by atoms with Gasteiger partial charge in [-0.05, 0) is 108 Å². The van der Waals surface area contributed by atoms with E-state index in [0.29, 0.717) is 36.3 Å². The number of aliphatic hydroxyl groups excluding tert-OH is 1. The van der Waals surface area contributed by atoms with Gasteiger partial charge in [0, 0.05) is 16.9 Å². The van der Waals surface area contributed by atoms with E-state index in [9.17, 15) is 15.0 Å². The number of allylic oxidation sites excluding steroid dienone is 1. The summed E-state index contributed by atoms with van der Waals surface area (Å²) in [7, 11) is 0. The van der Waals surface area contributed by atoms with E-state index in [2.05, 4.69) is 47.7 Å². The van der Waals surface area contributed by atoms with Gasteiger partial charge in [-0.15, -0.1) is 6.58 Å². The van der Waals surface area contributed by atoms with Crippen molar-refractivity contribution in [3.05, 3.63) is 58.6 Å². The van der Waals surface area contributed by atoms with E-state index in [4.69, 9.17) is 0 Å². The summed E-state index contributed by atoms with van der Waals surface area (Å²) in [5.74, 6) is 1.44. The molecule has 5 heteroatoms. The van der Waals surface area contributed by atoms with Crippen molar-refractivity contribution in [1.29, 1.82) is 0 Å². The first kappa shape index (κ1) is 25.2. The van der Waals surface area contributed by atoms with Crippen molar-refractivity contribution in [2.24, 2.45) is 34.5 Å². The summed E-state index contributed by atoms with van der Waals surface area (Å²) in [5, 5.41) is 25.5. The van der Waals surface area contributed by atoms with Gasteiger partial charge in [-0.25, -0.2) is 0 Å². The third-order valence-corrected chi connectivity index (χ3v) is 11.3.